The fourth-order valence-electron chi connectivity index (χ4n) is 3.98. The zero-order valence-electron chi connectivity index (χ0n) is 18.1. The minimum atomic E-state index is -0.0727. The van der Waals surface area contributed by atoms with Crippen molar-refractivity contribution in [2.75, 3.05) is 18.6 Å². The normalized spacial score (nSPS) is 18.5. The standard InChI is InChI=1S/C24H28N4O2S/c1-17(2)30-19-11-9-18(10-12-19)28-23(21-8-6-14-27(21)15-16-29-3)22(26-24(28)31)20-7-4-5-13-25-20/h4-14,17,22-23H,15-16H2,1-3H3,(H,26,31)/t22-,23+/m0/s1. The first-order chi connectivity index (χ1) is 15.1. The van der Waals surface area contributed by atoms with Crippen molar-refractivity contribution in [3.8, 4) is 5.75 Å². The van der Waals surface area contributed by atoms with Crippen LogP contribution in [0.25, 0.3) is 0 Å². The number of ether oxygens (including phenoxy) is 2. The number of nitrogens with zero attached hydrogens (tertiary/aromatic N) is 3. The van der Waals surface area contributed by atoms with Crippen LogP contribution in [0.4, 0.5) is 5.69 Å². The second kappa shape index (κ2) is 9.49. The van der Waals surface area contributed by atoms with E-state index in [1.807, 2.05) is 50.4 Å². The number of methoxy groups -OCH3 is 1. The average molecular weight is 437 g/mol. The fourth-order valence-corrected chi connectivity index (χ4v) is 4.33. The molecule has 31 heavy (non-hydrogen) atoms. The van der Waals surface area contributed by atoms with E-state index in [4.69, 9.17) is 21.7 Å². The van der Waals surface area contributed by atoms with Gasteiger partial charge in [0.2, 0.25) is 0 Å². The number of anilines is 1. The van der Waals surface area contributed by atoms with Crippen molar-refractivity contribution in [3.05, 3.63) is 78.4 Å². The summed E-state index contributed by atoms with van der Waals surface area (Å²) < 4.78 is 13.4. The first-order valence-corrected chi connectivity index (χ1v) is 10.9. The molecule has 1 aromatic carbocycles. The molecule has 0 spiro atoms. The van der Waals surface area contributed by atoms with Gasteiger partial charge in [-0.3, -0.25) is 4.98 Å². The highest BCUT2D eigenvalue weighted by Gasteiger charge is 2.41. The molecule has 3 aromatic rings. The molecule has 4 rings (SSSR count). The van der Waals surface area contributed by atoms with Crippen LogP contribution in [0.3, 0.4) is 0 Å². The van der Waals surface area contributed by atoms with Gasteiger partial charge in [-0.25, -0.2) is 0 Å². The van der Waals surface area contributed by atoms with E-state index in [0.29, 0.717) is 11.7 Å². The van der Waals surface area contributed by atoms with Crippen LogP contribution < -0.4 is 15.0 Å². The molecule has 7 heteroatoms. The Morgan fingerprint density at radius 3 is 2.58 bits per heavy atom. The second-order valence-electron chi connectivity index (χ2n) is 7.78. The van der Waals surface area contributed by atoms with Gasteiger partial charge in [-0.1, -0.05) is 6.07 Å². The second-order valence-corrected chi connectivity index (χ2v) is 8.16. The highest BCUT2D eigenvalue weighted by molar-refractivity contribution is 7.80. The highest BCUT2D eigenvalue weighted by atomic mass is 32.1. The molecule has 0 aliphatic carbocycles. The summed E-state index contributed by atoms with van der Waals surface area (Å²) in [5.74, 6) is 0.845. The van der Waals surface area contributed by atoms with Crippen LogP contribution in [0.15, 0.2) is 67.0 Å². The van der Waals surface area contributed by atoms with Crippen molar-refractivity contribution in [1.29, 1.82) is 0 Å². The highest BCUT2D eigenvalue weighted by Crippen LogP contribution is 2.41. The van der Waals surface area contributed by atoms with Crippen LogP contribution in [0.5, 0.6) is 5.75 Å². The summed E-state index contributed by atoms with van der Waals surface area (Å²) in [6.07, 6.45) is 4.04. The van der Waals surface area contributed by atoms with Gasteiger partial charge in [0.15, 0.2) is 5.11 Å². The molecular formula is C24H28N4O2S. The lowest BCUT2D eigenvalue weighted by molar-refractivity contribution is 0.186. The van der Waals surface area contributed by atoms with Crippen molar-refractivity contribution >= 4 is 23.0 Å². The molecule has 162 valence electrons. The van der Waals surface area contributed by atoms with Crippen LogP contribution in [0, 0.1) is 0 Å². The summed E-state index contributed by atoms with van der Waals surface area (Å²) >= 11 is 5.81. The predicted molar refractivity (Wildman–Crippen MR) is 126 cm³/mol. The van der Waals surface area contributed by atoms with E-state index in [2.05, 4.69) is 50.2 Å². The Morgan fingerprint density at radius 2 is 1.90 bits per heavy atom. The molecule has 1 saturated heterocycles. The molecule has 0 amide bonds. The molecule has 0 bridgehead atoms. The van der Waals surface area contributed by atoms with Crippen LogP contribution >= 0.6 is 12.2 Å². The van der Waals surface area contributed by atoms with Gasteiger partial charge in [-0.05, 0) is 74.6 Å². The maximum Gasteiger partial charge on any atom is 0.174 e. The first-order valence-electron chi connectivity index (χ1n) is 10.5. The Balaban J connectivity index is 1.74. The Hall–Kier alpha value is -2.90. The molecule has 2 atom stereocenters. The molecule has 2 aromatic heterocycles. The molecule has 0 radical (unpaired) electrons. The largest absolute Gasteiger partial charge is 0.491 e. The Morgan fingerprint density at radius 1 is 1.10 bits per heavy atom. The van der Waals surface area contributed by atoms with Crippen molar-refractivity contribution in [2.45, 2.75) is 38.6 Å². The van der Waals surface area contributed by atoms with Crippen LogP contribution in [0.1, 0.15) is 37.3 Å². The Kier molecular flexibility index (Phi) is 6.53. The van der Waals surface area contributed by atoms with E-state index >= 15 is 0 Å². The van der Waals surface area contributed by atoms with Gasteiger partial charge in [0.05, 0.1) is 24.4 Å². The summed E-state index contributed by atoms with van der Waals surface area (Å²) in [6, 6.07) is 18.2. The SMILES string of the molecule is COCCn1cccc1[C@@H]1[C@H](c2ccccn2)NC(=S)N1c1ccc(OC(C)C)cc1. The first kappa shape index (κ1) is 21.3. The third-order valence-electron chi connectivity index (χ3n) is 5.29. The van der Waals surface area contributed by atoms with E-state index < -0.39 is 0 Å². The number of thiocarbonyl (C=S) groups is 1. The lowest BCUT2D eigenvalue weighted by atomic mass is 10.0. The van der Waals surface area contributed by atoms with Gasteiger partial charge < -0.3 is 24.3 Å². The van der Waals surface area contributed by atoms with Crippen LogP contribution in [-0.2, 0) is 11.3 Å². The molecule has 1 aliphatic rings. The summed E-state index contributed by atoms with van der Waals surface area (Å²) in [5.41, 5.74) is 3.12. The molecule has 0 unspecified atom stereocenters. The third-order valence-corrected chi connectivity index (χ3v) is 5.60. The summed E-state index contributed by atoms with van der Waals surface area (Å²) in [7, 11) is 1.72. The topological polar surface area (TPSA) is 51.5 Å². The van der Waals surface area contributed by atoms with E-state index in [1.54, 1.807) is 7.11 Å². The number of rotatable bonds is 8. The average Bonchev–Trinajstić information content (AvgIpc) is 3.36. The van der Waals surface area contributed by atoms with Crippen LogP contribution in [-0.4, -0.2) is 34.5 Å². The number of benzene rings is 1. The molecule has 1 N–H and O–H groups in total. The van der Waals surface area contributed by atoms with Crippen molar-refractivity contribution in [2.24, 2.45) is 0 Å². The summed E-state index contributed by atoms with van der Waals surface area (Å²) in [4.78, 5) is 6.79. The van der Waals surface area contributed by atoms with Gasteiger partial charge in [0.1, 0.15) is 11.8 Å². The maximum atomic E-state index is 5.82. The van der Waals surface area contributed by atoms with Gasteiger partial charge in [0.25, 0.3) is 0 Å². The van der Waals surface area contributed by atoms with Gasteiger partial charge in [0, 0.05) is 37.4 Å². The molecule has 1 fully saturated rings. The van der Waals surface area contributed by atoms with Crippen molar-refractivity contribution in [1.82, 2.24) is 14.9 Å². The van der Waals surface area contributed by atoms with E-state index in [-0.39, 0.29) is 18.2 Å². The summed E-state index contributed by atoms with van der Waals surface area (Å²) in [5, 5.41) is 4.18. The number of pyridine rings is 1. The zero-order valence-corrected chi connectivity index (χ0v) is 18.9. The molecule has 0 saturated carbocycles. The lowest BCUT2D eigenvalue weighted by Crippen LogP contribution is -2.30. The Bertz CT molecular complexity index is 1000. The molecular weight excluding hydrogens is 408 g/mol. The monoisotopic (exact) mass is 436 g/mol. The number of nitrogens with one attached hydrogen (secondary N) is 1. The van der Waals surface area contributed by atoms with E-state index in [1.165, 1.54) is 0 Å². The van der Waals surface area contributed by atoms with Crippen molar-refractivity contribution in [3.63, 3.8) is 0 Å². The van der Waals surface area contributed by atoms with E-state index in [0.717, 1.165) is 29.4 Å². The summed E-state index contributed by atoms with van der Waals surface area (Å²) in [6.45, 7) is 5.46. The fraction of sp³-hybridized carbons (Fsp3) is 0.333. The number of hydrogen-bond acceptors (Lipinski definition) is 4. The third kappa shape index (κ3) is 4.57. The van der Waals surface area contributed by atoms with Gasteiger partial charge in [-0.15, -0.1) is 0 Å². The van der Waals surface area contributed by atoms with Crippen LogP contribution in [0.2, 0.25) is 0 Å². The van der Waals surface area contributed by atoms with Crippen molar-refractivity contribution < 1.29 is 9.47 Å². The quantitative estimate of drug-likeness (QED) is 0.525. The minimum absolute atomic E-state index is 0.0499. The molecule has 3 heterocycles. The minimum Gasteiger partial charge on any atom is -0.491 e. The predicted octanol–water partition coefficient (Wildman–Crippen LogP) is 4.49. The van der Waals surface area contributed by atoms with Gasteiger partial charge >= 0.3 is 0 Å². The lowest BCUT2D eigenvalue weighted by Gasteiger charge is -2.29. The number of aromatic nitrogens is 2. The van der Waals surface area contributed by atoms with Gasteiger partial charge in [-0.2, -0.15) is 0 Å². The Labute approximate surface area is 188 Å². The number of hydrogen-bond donors (Lipinski definition) is 1. The maximum absolute atomic E-state index is 5.82. The molecule has 1 aliphatic heterocycles. The smallest absolute Gasteiger partial charge is 0.174 e. The zero-order chi connectivity index (χ0) is 21.8. The van der Waals surface area contributed by atoms with E-state index in [9.17, 15) is 0 Å². The molecule has 6 nitrogen and oxygen atoms in total.